The van der Waals surface area contributed by atoms with Crippen molar-refractivity contribution in [2.45, 2.75) is 0 Å². The molecule has 0 aliphatic heterocycles. The molecule has 0 aliphatic carbocycles. The van der Waals surface area contributed by atoms with E-state index < -0.39 is 0 Å². The molecule has 0 fully saturated rings. The predicted octanol–water partition coefficient (Wildman–Crippen LogP) is 13.3. The van der Waals surface area contributed by atoms with E-state index in [0.717, 1.165) is 85.6 Å². The Hall–Kier alpha value is -8.32. The number of rotatable bonds is 8. The summed E-state index contributed by atoms with van der Waals surface area (Å²) in [4.78, 5) is 33.9. The summed E-state index contributed by atoms with van der Waals surface area (Å²) in [6.07, 6.45) is 14.0. The molecule has 0 aliphatic rings. The minimum Gasteiger partial charge on any atom is -0.753 e. The van der Waals surface area contributed by atoms with Crippen molar-refractivity contribution in [3.8, 4) is 85.6 Å². The van der Waals surface area contributed by atoms with E-state index in [1.54, 1.807) is 49.6 Å². The van der Waals surface area contributed by atoms with Crippen LogP contribution in [0.5, 0.6) is 0 Å². The molecule has 12 aromatic rings. The van der Waals surface area contributed by atoms with E-state index >= 15 is 0 Å². The second-order valence-electron chi connectivity index (χ2n) is 13.7. The van der Waals surface area contributed by atoms with Crippen LogP contribution < -0.4 is 0 Å². The minimum atomic E-state index is 0. The van der Waals surface area contributed by atoms with Gasteiger partial charge in [0.2, 0.25) is 0 Å². The van der Waals surface area contributed by atoms with Crippen molar-refractivity contribution in [2.75, 3.05) is 0 Å². The van der Waals surface area contributed by atoms with Gasteiger partial charge in [0.25, 0.3) is 0 Å². The number of pyridine rings is 8. The molecule has 0 N–H and O–H groups in total. The van der Waals surface area contributed by atoms with Gasteiger partial charge in [0.05, 0.1) is 0 Å². The fourth-order valence-corrected chi connectivity index (χ4v) is 8.82. The molecule has 0 unspecified atom stereocenters. The van der Waals surface area contributed by atoms with Crippen molar-refractivity contribution in [3.63, 3.8) is 0 Å². The molecular formula is C52H32Fe2N20S8. The quantitative estimate of drug-likeness (QED) is 0.0775. The molecule has 12 rings (SSSR count). The summed E-state index contributed by atoms with van der Waals surface area (Å²) in [5.74, 6) is 0. The molecule has 0 radical (unpaired) electrons. The standard InChI is InChI=1S/4C12H8N4S.4CNS.2Fe/c4*1-3-7-13-9(5-1)11-15-16-12(17-11)10-6-2-4-8-14-10;4*2-1-3;;/h4*1-8H;;;;;;/q;;;;4*-1;2*+2. The average molecular weight is 1310 g/mol. The maximum Gasteiger partial charge on any atom is 2.00 e. The molecule has 0 saturated heterocycles. The van der Waals surface area contributed by atoms with E-state index in [1.807, 2.05) is 146 Å². The molecule has 0 saturated carbocycles. The summed E-state index contributed by atoms with van der Waals surface area (Å²) >= 11 is 20.8. The van der Waals surface area contributed by atoms with Crippen molar-refractivity contribution in [2.24, 2.45) is 0 Å². The van der Waals surface area contributed by atoms with Gasteiger partial charge in [0.1, 0.15) is 45.6 Å². The molecule has 0 bridgehead atoms. The van der Waals surface area contributed by atoms with E-state index in [-0.39, 0.29) is 34.1 Å². The summed E-state index contributed by atoms with van der Waals surface area (Å²) in [7, 11) is 0. The molecule has 82 heavy (non-hydrogen) atoms. The minimum absolute atomic E-state index is 0. The third-order valence-electron chi connectivity index (χ3n) is 8.77. The van der Waals surface area contributed by atoms with Crippen molar-refractivity contribution >= 4 is 115 Å². The van der Waals surface area contributed by atoms with Crippen LogP contribution in [0, 0.1) is 0 Å². The molecule has 20 nitrogen and oxygen atoms in total. The predicted molar refractivity (Wildman–Crippen MR) is 329 cm³/mol. The maximum absolute atomic E-state index is 7.13. The Kier molecular flexibility index (Phi) is 33.8. The fraction of sp³-hybridized carbons (Fsp3) is 0. The Labute approximate surface area is 527 Å². The molecule has 12 aromatic heterocycles. The molecule has 0 atom stereocenters. The molecule has 30 heteroatoms. The zero-order valence-corrected chi connectivity index (χ0v) is 50.1. The van der Waals surface area contributed by atoms with Crippen LogP contribution in [0.15, 0.2) is 195 Å². The summed E-state index contributed by atoms with van der Waals surface area (Å²) in [5.41, 5.74) is 6.72. The topological polar surface area (TPSA) is 295 Å². The molecule has 12 heterocycles. The SMILES string of the molecule is [Fe+2].[Fe+2].[N-]=C=S.[N-]=C=S.[N-]=C=S.[N-]=C=S.c1ccc(-c2nnc(-c3ccccn3)s2)nc1.c1ccc(-c2nnc(-c3ccccn3)s2)nc1.c1ccc(-c2nnc(-c3ccccn3)s2)nc1.c1ccc(-c2nnc(-c3ccccn3)s2)nc1. The van der Waals surface area contributed by atoms with Crippen LogP contribution >= 0.6 is 94.2 Å². The van der Waals surface area contributed by atoms with Crippen LogP contribution in [0.25, 0.3) is 107 Å². The first-order chi connectivity index (χ1) is 39.4. The van der Waals surface area contributed by atoms with Crippen molar-refractivity contribution in [1.29, 1.82) is 0 Å². The Morgan fingerprint density at radius 1 is 0.232 bits per heavy atom. The van der Waals surface area contributed by atoms with Gasteiger partial charge in [-0.05, 0) is 97.1 Å². The first-order valence-corrected chi connectivity index (χ1v) is 27.0. The molecule has 0 amide bonds. The number of thiocarbonyl (C=S) groups is 4. The zero-order chi connectivity index (χ0) is 56.8. The van der Waals surface area contributed by atoms with Gasteiger partial charge in [-0.2, -0.15) is 20.6 Å². The smallest absolute Gasteiger partial charge is 0.753 e. The van der Waals surface area contributed by atoms with Crippen LogP contribution in [-0.4, -0.2) is 101 Å². The first kappa shape index (κ1) is 68.0. The summed E-state index contributed by atoms with van der Waals surface area (Å²) in [6.45, 7) is 0. The summed E-state index contributed by atoms with van der Waals surface area (Å²) in [5, 5.41) is 73.4. The van der Waals surface area contributed by atoms with Gasteiger partial charge in [-0.3, -0.25) is 39.9 Å². The number of aromatic nitrogens is 16. The van der Waals surface area contributed by atoms with Crippen LogP contribution in [0.3, 0.4) is 0 Å². The average Bonchev–Trinajstić information content (AvgIpc) is 4.41. The number of nitrogens with zero attached hydrogens (tertiary/aromatic N) is 20. The second-order valence-corrected chi connectivity index (χ2v) is 18.4. The second kappa shape index (κ2) is 40.8. The van der Waals surface area contributed by atoms with Gasteiger partial charge in [-0.25, -0.2) is 0 Å². The third-order valence-corrected chi connectivity index (χ3v) is 12.6. The van der Waals surface area contributed by atoms with Gasteiger partial charge in [0, 0.05) is 49.6 Å². The third kappa shape index (κ3) is 23.4. The number of hydrogen-bond acceptors (Lipinski definition) is 24. The van der Waals surface area contributed by atoms with Gasteiger partial charge in [0.15, 0.2) is 40.1 Å². The maximum atomic E-state index is 7.13. The normalized spacial score (nSPS) is 8.98. The van der Waals surface area contributed by atoms with Gasteiger partial charge >= 0.3 is 34.1 Å². The van der Waals surface area contributed by atoms with Crippen LogP contribution in [-0.2, 0) is 34.1 Å². The van der Waals surface area contributed by atoms with Crippen LogP contribution in [0.2, 0.25) is 0 Å². The van der Waals surface area contributed by atoms with Crippen molar-refractivity contribution in [1.82, 2.24) is 80.7 Å². The number of hydrogen-bond donors (Lipinski definition) is 0. The Balaban J connectivity index is 0.000000267. The fourth-order valence-electron chi connectivity index (χ4n) is 5.64. The Bertz CT molecular complexity index is 3060. The Morgan fingerprint density at radius 2 is 0.341 bits per heavy atom. The van der Waals surface area contributed by atoms with Crippen molar-refractivity contribution < 1.29 is 34.1 Å². The molecule has 0 spiro atoms. The van der Waals surface area contributed by atoms with E-state index in [9.17, 15) is 0 Å². The summed E-state index contributed by atoms with van der Waals surface area (Å²) in [6, 6.07) is 45.9. The van der Waals surface area contributed by atoms with Crippen LogP contribution in [0.4, 0.5) is 0 Å². The van der Waals surface area contributed by atoms with E-state index in [0.29, 0.717) is 0 Å². The van der Waals surface area contributed by atoms with E-state index in [1.165, 1.54) is 66.0 Å². The zero-order valence-electron chi connectivity index (χ0n) is 41.4. The van der Waals surface area contributed by atoms with E-state index in [2.05, 4.69) is 130 Å². The van der Waals surface area contributed by atoms with Crippen LogP contribution in [0.1, 0.15) is 0 Å². The largest absolute Gasteiger partial charge is 2.00 e. The van der Waals surface area contributed by atoms with Crippen molar-refractivity contribution in [3.05, 3.63) is 217 Å². The van der Waals surface area contributed by atoms with Gasteiger partial charge in [-0.1, -0.05) is 143 Å². The monoisotopic (exact) mass is 1300 g/mol. The van der Waals surface area contributed by atoms with Gasteiger partial charge < -0.3 is 21.6 Å². The molecule has 404 valence electrons. The van der Waals surface area contributed by atoms with E-state index in [4.69, 9.17) is 21.6 Å². The molecule has 0 aromatic carbocycles. The van der Waals surface area contributed by atoms with Gasteiger partial charge in [-0.15, -0.1) is 40.8 Å². The summed E-state index contributed by atoms with van der Waals surface area (Å²) < 4.78 is 0. The Morgan fingerprint density at radius 3 is 0.427 bits per heavy atom. The molecular weight excluding hydrogens is 1270 g/mol. The first-order valence-electron chi connectivity index (χ1n) is 22.1. The number of isothiocyanates is 4.